The molecule has 5 nitrogen and oxygen atoms in total. The summed E-state index contributed by atoms with van der Waals surface area (Å²) in [5.74, 6) is 2.48. The van der Waals surface area contributed by atoms with Crippen LogP contribution in [0.1, 0.15) is 5.56 Å². The number of guanidine groups is 1. The predicted octanol–water partition coefficient (Wildman–Crippen LogP) is 1.74. The summed E-state index contributed by atoms with van der Waals surface area (Å²) < 4.78 is 5.20. The second-order valence-electron chi connectivity index (χ2n) is 3.52. The van der Waals surface area contributed by atoms with E-state index in [4.69, 9.17) is 4.74 Å². The van der Waals surface area contributed by atoms with Crippen molar-refractivity contribution in [3.05, 3.63) is 23.9 Å². The molecular formula is C12H21IN4OS. The minimum absolute atomic E-state index is 0. The molecule has 1 aromatic heterocycles. The Bertz CT molecular complexity index is 390. The molecule has 0 fully saturated rings. The highest BCUT2D eigenvalue weighted by atomic mass is 127. The van der Waals surface area contributed by atoms with Crippen LogP contribution < -0.4 is 15.4 Å². The molecule has 2 N–H and O–H groups in total. The van der Waals surface area contributed by atoms with Crippen LogP contribution in [0, 0.1) is 0 Å². The van der Waals surface area contributed by atoms with Gasteiger partial charge in [-0.15, -0.1) is 24.0 Å². The zero-order chi connectivity index (χ0) is 13.2. The van der Waals surface area contributed by atoms with Crippen LogP contribution in [0.5, 0.6) is 5.88 Å². The highest BCUT2D eigenvalue weighted by molar-refractivity contribution is 14.0. The van der Waals surface area contributed by atoms with Crippen molar-refractivity contribution >= 4 is 41.7 Å². The van der Waals surface area contributed by atoms with Gasteiger partial charge in [-0.05, 0) is 12.3 Å². The number of hydrogen-bond acceptors (Lipinski definition) is 4. The Morgan fingerprint density at radius 3 is 2.89 bits per heavy atom. The lowest BCUT2D eigenvalue weighted by Gasteiger charge is -2.12. The van der Waals surface area contributed by atoms with Crippen molar-refractivity contribution in [3.63, 3.8) is 0 Å². The molecule has 108 valence electrons. The molecule has 1 aromatic rings. The number of hydrogen-bond donors (Lipinski definition) is 2. The predicted molar refractivity (Wildman–Crippen MR) is 92.8 cm³/mol. The van der Waals surface area contributed by atoms with Gasteiger partial charge in [0.1, 0.15) is 0 Å². The Hall–Kier alpha value is -0.700. The van der Waals surface area contributed by atoms with E-state index in [2.05, 4.69) is 26.9 Å². The summed E-state index contributed by atoms with van der Waals surface area (Å²) in [6.45, 7) is 1.53. The molecule has 0 radical (unpaired) electrons. The van der Waals surface area contributed by atoms with Crippen molar-refractivity contribution in [1.29, 1.82) is 0 Å². The van der Waals surface area contributed by atoms with E-state index >= 15 is 0 Å². The van der Waals surface area contributed by atoms with Gasteiger partial charge in [0.15, 0.2) is 5.96 Å². The first-order valence-electron chi connectivity index (χ1n) is 5.73. The van der Waals surface area contributed by atoms with Gasteiger partial charge in [0, 0.05) is 37.7 Å². The van der Waals surface area contributed by atoms with E-state index in [1.165, 1.54) is 0 Å². The van der Waals surface area contributed by atoms with E-state index in [-0.39, 0.29) is 24.0 Å². The van der Waals surface area contributed by atoms with E-state index in [0.29, 0.717) is 12.4 Å². The minimum Gasteiger partial charge on any atom is -0.481 e. The average molecular weight is 396 g/mol. The SMILES string of the molecule is CN=C(NCCSC)NCc1cccnc1OC.I. The quantitative estimate of drug-likeness (QED) is 0.332. The van der Waals surface area contributed by atoms with Crippen LogP contribution >= 0.6 is 35.7 Å². The molecule has 0 aromatic carbocycles. The van der Waals surface area contributed by atoms with Gasteiger partial charge in [-0.2, -0.15) is 11.8 Å². The lowest BCUT2D eigenvalue weighted by atomic mass is 10.3. The van der Waals surface area contributed by atoms with E-state index in [0.717, 1.165) is 23.8 Å². The second-order valence-corrected chi connectivity index (χ2v) is 4.50. The van der Waals surface area contributed by atoms with Gasteiger partial charge in [0.25, 0.3) is 0 Å². The Kier molecular flexibility index (Phi) is 10.7. The molecule has 0 atom stereocenters. The number of nitrogens with one attached hydrogen (secondary N) is 2. The van der Waals surface area contributed by atoms with Gasteiger partial charge in [-0.25, -0.2) is 4.98 Å². The van der Waals surface area contributed by atoms with E-state index in [1.807, 2.05) is 12.1 Å². The highest BCUT2D eigenvalue weighted by Crippen LogP contribution is 2.12. The summed E-state index contributed by atoms with van der Waals surface area (Å²) in [6, 6.07) is 3.87. The smallest absolute Gasteiger partial charge is 0.218 e. The standard InChI is InChI=1S/C12H20N4OS.HI/c1-13-12(15-7-8-18-3)16-9-10-5-4-6-14-11(10)17-2;/h4-6H,7-9H2,1-3H3,(H2,13,15,16);1H. The van der Waals surface area contributed by atoms with Gasteiger partial charge < -0.3 is 15.4 Å². The largest absolute Gasteiger partial charge is 0.481 e. The molecule has 0 aliphatic heterocycles. The van der Waals surface area contributed by atoms with E-state index in [1.54, 1.807) is 32.1 Å². The van der Waals surface area contributed by atoms with Gasteiger partial charge in [0.05, 0.1) is 7.11 Å². The third-order valence-electron chi connectivity index (χ3n) is 2.31. The molecule has 0 saturated carbocycles. The topological polar surface area (TPSA) is 58.5 Å². The minimum atomic E-state index is 0. The van der Waals surface area contributed by atoms with Crippen molar-refractivity contribution in [2.24, 2.45) is 4.99 Å². The summed E-state index contributed by atoms with van der Waals surface area (Å²) in [5, 5.41) is 6.46. The average Bonchev–Trinajstić information content (AvgIpc) is 2.43. The molecule has 0 aliphatic rings. The van der Waals surface area contributed by atoms with Crippen LogP contribution in [0.15, 0.2) is 23.3 Å². The Balaban J connectivity index is 0.00000324. The molecule has 0 spiro atoms. The van der Waals surface area contributed by atoms with Crippen molar-refractivity contribution in [2.45, 2.75) is 6.54 Å². The van der Waals surface area contributed by atoms with Crippen LogP contribution in [0.2, 0.25) is 0 Å². The molecular weight excluding hydrogens is 375 g/mol. The Morgan fingerprint density at radius 1 is 1.47 bits per heavy atom. The number of nitrogens with zero attached hydrogens (tertiary/aromatic N) is 2. The maximum Gasteiger partial charge on any atom is 0.218 e. The maximum absolute atomic E-state index is 5.20. The zero-order valence-electron chi connectivity index (χ0n) is 11.5. The normalized spacial score (nSPS) is 10.6. The van der Waals surface area contributed by atoms with E-state index < -0.39 is 0 Å². The summed E-state index contributed by atoms with van der Waals surface area (Å²) in [4.78, 5) is 8.30. The fourth-order valence-electron chi connectivity index (χ4n) is 1.41. The van der Waals surface area contributed by atoms with Gasteiger partial charge in [-0.3, -0.25) is 4.99 Å². The monoisotopic (exact) mass is 396 g/mol. The Morgan fingerprint density at radius 2 is 2.26 bits per heavy atom. The summed E-state index contributed by atoms with van der Waals surface area (Å²) in [6.07, 6.45) is 3.80. The molecule has 19 heavy (non-hydrogen) atoms. The fourth-order valence-corrected chi connectivity index (χ4v) is 1.72. The van der Waals surface area contributed by atoms with Crippen molar-refractivity contribution in [2.75, 3.05) is 32.7 Å². The van der Waals surface area contributed by atoms with Crippen molar-refractivity contribution in [1.82, 2.24) is 15.6 Å². The van der Waals surface area contributed by atoms with Gasteiger partial charge in [0.2, 0.25) is 5.88 Å². The number of aromatic nitrogens is 1. The molecule has 1 rings (SSSR count). The van der Waals surface area contributed by atoms with Crippen LogP contribution in [-0.2, 0) is 6.54 Å². The number of aliphatic imine (C=N–C) groups is 1. The van der Waals surface area contributed by atoms with Crippen LogP contribution in [0.3, 0.4) is 0 Å². The number of rotatable bonds is 6. The highest BCUT2D eigenvalue weighted by Gasteiger charge is 2.04. The lowest BCUT2D eigenvalue weighted by Crippen LogP contribution is -2.38. The Labute approximate surface area is 136 Å². The lowest BCUT2D eigenvalue weighted by molar-refractivity contribution is 0.392. The van der Waals surface area contributed by atoms with Gasteiger partial charge >= 0.3 is 0 Å². The first-order valence-corrected chi connectivity index (χ1v) is 7.12. The fraction of sp³-hybridized carbons (Fsp3) is 0.500. The summed E-state index contributed by atoms with van der Waals surface area (Å²) in [7, 11) is 3.38. The number of methoxy groups -OCH3 is 1. The van der Waals surface area contributed by atoms with Crippen molar-refractivity contribution in [3.8, 4) is 5.88 Å². The third-order valence-corrected chi connectivity index (χ3v) is 2.92. The molecule has 0 bridgehead atoms. The number of pyridine rings is 1. The molecule has 0 saturated heterocycles. The van der Waals surface area contributed by atoms with Crippen LogP contribution in [-0.4, -0.2) is 43.7 Å². The first kappa shape index (κ1) is 18.3. The molecule has 7 heteroatoms. The number of halogens is 1. The second kappa shape index (κ2) is 11.2. The number of thioether (sulfide) groups is 1. The van der Waals surface area contributed by atoms with Crippen molar-refractivity contribution < 1.29 is 4.74 Å². The molecule has 1 heterocycles. The third kappa shape index (κ3) is 6.86. The molecule has 0 amide bonds. The molecule has 0 aliphatic carbocycles. The van der Waals surface area contributed by atoms with Gasteiger partial charge in [-0.1, -0.05) is 6.07 Å². The number of ether oxygens (including phenoxy) is 1. The summed E-state index contributed by atoms with van der Waals surface area (Å²) >= 11 is 1.80. The van der Waals surface area contributed by atoms with E-state index in [9.17, 15) is 0 Å². The van der Waals surface area contributed by atoms with Crippen LogP contribution in [0.4, 0.5) is 0 Å². The zero-order valence-corrected chi connectivity index (χ0v) is 14.6. The first-order chi connectivity index (χ1) is 8.81. The maximum atomic E-state index is 5.20. The molecule has 0 unspecified atom stereocenters. The summed E-state index contributed by atoms with van der Waals surface area (Å²) in [5.41, 5.74) is 1.01. The van der Waals surface area contributed by atoms with Crippen LogP contribution in [0.25, 0.3) is 0 Å².